The number of piperazine rings is 1. The lowest BCUT2D eigenvalue weighted by atomic mass is 10.1. The van der Waals surface area contributed by atoms with Crippen molar-refractivity contribution in [1.29, 1.82) is 0 Å². The van der Waals surface area contributed by atoms with Crippen LogP contribution in [-0.4, -0.2) is 62.0 Å². The Morgan fingerprint density at radius 3 is 2.26 bits per heavy atom. The Labute approximate surface area is 183 Å². The zero-order chi connectivity index (χ0) is 21.8. The predicted molar refractivity (Wildman–Crippen MR) is 119 cm³/mol. The number of nitrogens with zero attached hydrogens (tertiary/aromatic N) is 2. The van der Waals surface area contributed by atoms with E-state index in [1.165, 1.54) is 5.56 Å². The van der Waals surface area contributed by atoms with Gasteiger partial charge < -0.3 is 19.3 Å². The van der Waals surface area contributed by atoms with E-state index in [2.05, 4.69) is 12.1 Å². The second-order valence-corrected chi connectivity index (χ2v) is 7.96. The van der Waals surface area contributed by atoms with E-state index in [1.807, 2.05) is 41.3 Å². The number of ether oxygens (including phenoxy) is 2. The minimum Gasteiger partial charge on any atom is -0.493 e. The summed E-state index contributed by atoms with van der Waals surface area (Å²) in [6, 6.07) is 15.8. The third kappa shape index (κ3) is 4.74. The van der Waals surface area contributed by atoms with Gasteiger partial charge in [0.25, 0.3) is 0 Å². The molecule has 2 atom stereocenters. The molecule has 2 aromatic rings. The van der Waals surface area contributed by atoms with Crippen LogP contribution in [0.3, 0.4) is 0 Å². The first-order chi connectivity index (χ1) is 15.1. The topological polar surface area (TPSA) is 59.1 Å². The van der Waals surface area contributed by atoms with Crippen LogP contribution in [0.5, 0.6) is 11.5 Å². The highest BCUT2D eigenvalue weighted by molar-refractivity contribution is 5.92. The maximum absolute atomic E-state index is 12.8. The quantitative estimate of drug-likeness (QED) is 0.674. The number of benzene rings is 2. The molecule has 2 aromatic carbocycles. The molecule has 4 rings (SSSR count). The molecule has 0 radical (unpaired) electrons. The van der Waals surface area contributed by atoms with Gasteiger partial charge in [-0.05, 0) is 41.7 Å². The van der Waals surface area contributed by atoms with E-state index in [9.17, 15) is 9.59 Å². The number of amides is 2. The second kappa shape index (κ2) is 9.25. The van der Waals surface area contributed by atoms with E-state index in [1.54, 1.807) is 31.3 Å². The molecule has 1 saturated heterocycles. The standard InChI is InChI=1S/C25H28N2O4/c1-30-22-10-8-18(16-23(22)31-2)9-11-24(28)26-12-14-27(15-13-26)25(29)21-17-20(21)19-6-4-3-5-7-19/h3-11,16,20-21H,12-15,17H2,1-2H3/b11-9+. The van der Waals surface area contributed by atoms with Crippen LogP contribution in [0.1, 0.15) is 23.5 Å². The molecule has 2 aliphatic rings. The average Bonchev–Trinajstić information content (AvgIpc) is 3.63. The van der Waals surface area contributed by atoms with Crippen LogP contribution in [0.25, 0.3) is 6.08 Å². The van der Waals surface area contributed by atoms with Crippen LogP contribution >= 0.6 is 0 Å². The molecule has 2 fully saturated rings. The van der Waals surface area contributed by atoms with E-state index >= 15 is 0 Å². The van der Waals surface area contributed by atoms with E-state index in [0.717, 1.165) is 12.0 Å². The fourth-order valence-electron chi connectivity index (χ4n) is 4.15. The molecule has 1 aliphatic heterocycles. The van der Waals surface area contributed by atoms with Crippen molar-refractivity contribution in [1.82, 2.24) is 9.80 Å². The first kappa shape index (κ1) is 21.0. The highest BCUT2D eigenvalue weighted by Gasteiger charge is 2.46. The van der Waals surface area contributed by atoms with Crippen LogP contribution in [0.15, 0.2) is 54.6 Å². The number of hydrogen-bond donors (Lipinski definition) is 0. The molecule has 0 bridgehead atoms. The van der Waals surface area contributed by atoms with Crippen LogP contribution in [-0.2, 0) is 9.59 Å². The van der Waals surface area contributed by atoms with Crippen molar-refractivity contribution < 1.29 is 19.1 Å². The maximum Gasteiger partial charge on any atom is 0.246 e. The molecular weight excluding hydrogens is 392 g/mol. The molecule has 1 aliphatic carbocycles. The van der Waals surface area contributed by atoms with Gasteiger partial charge in [-0.25, -0.2) is 0 Å². The van der Waals surface area contributed by atoms with E-state index in [0.29, 0.717) is 43.6 Å². The monoisotopic (exact) mass is 420 g/mol. The Kier molecular flexibility index (Phi) is 6.26. The Hall–Kier alpha value is -3.28. The van der Waals surface area contributed by atoms with Gasteiger partial charge in [0, 0.05) is 38.2 Å². The van der Waals surface area contributed by atoms with Crippen molar-refractivity contribution in [2.45, 2.75) is 12.3 Å². The molecule has 0 spiro atoms. The van der Waals surface area contributed by atoms with Gasteiger partial charge >= 0.3 is 0 Å². The number of carbonyl (C=O) groups is 2. The van der Waals surface area contributed by atoms with Crippen molar-refractivity contribution in [3.8, 4) is 11.5 Å². The summed E-state index contributed by atoms with van der Waals surface area (Å²) in [6.45, 7) is 2.30. The normalized spacial score (nSPS) is 20.6. The molecular formula is C25H28N2O4. The molecule has 2 amide bonds. The molecule has 31 heavy (non-hydrogen) atoms. The molecule has 6 nitrogen and oxygen atoms in total. The van der Waals surface area contributed by atoms with Crippen molar-refractivity contribution >= 4 is 17.9 Å². The van der Waals surface area contributed by atoms with Crippen molar-refractivity contribution in [2.75, 3.05) is 40.4 Å². The number of carbonyl (C=O) groups excluding carboxylic acids is 2. The molecule has 1 saturated carbocycles. The highest BCUT2D eigenvalue weighted by atomic mass is 16.5. The minimum absolute atomic E-state index is 0.0459. The van der Waals surface area contributed by atoms with E-state index in [4.69, 9.17) is 9.47 Å². The lowest BCUT2D eigenvalue weighted by Crippen LogP contribution is -2.50. The zero-order valence-corrected chi connectivity index (χ0v) is 18.0. The van der Waals surface area contributed by atoms with Gasteiger partial charge in [0.2, 0.25) is 11.8 Å². The average molecular weight is 421 g/mol. The van der Waals surface area contributed by atoms with Crippen molar-refractivity contribution in [2.24, 2.45) is 5.92 Å². The lowest BCUT2D eigenvalue weighted by molar-refractivity contribution is -0.138. The zero-order valence-electron chi connectivity index (χ0n) is 18.0. The Morgan fingerprint density at radius 2 is 1.58 bits per heavy atom. The maximum atomic E-state index is 12.8. The summed E-state index contributed by atoms with van der Waals surface area (Å²) in [5, 5.41) is 0. The fraction of sp³-hybridized carbons (Fsp3) is 0.360. The Bertz CT molecular complexity index is 965. The van der Waals surface area contributed by atoms with Crippen molar-refractivity contribution in [3.63, 3.8) is 0 Å². The summed E-state index contributed by atoms with van der Waals surface area (Å²) in [5.74, 6) is 1.89. The summed E-state index contributed by atoms with van der Waals surface area (Å²) < 4.78 is 10.5. The minimum atomic E-state index is -0.0459. The summed E-state index contributed by atoms with van der Waals surface area (Å²) in [5.41, 5.74) is 2.11. The highest BCUT2D eigenvalue weighted by Crippen LogP contribution is 2.48. The Balaban J connectivity index is 1.28. The smallest absolute Gasteiger partial charge is 0.246 e. The third-order valence-electron chi connectivity index (χ3n) is 6.06. The molecule has 0 aromatic heterocycles. The summed E-state index contributed by atoms with van der Waals surface area (Å²) >= 11 is 0. The fourth-order valence-corrected chi connectivity index (χ4v) is 4.15. The van der Waals surface area contributed by atoms with Crippen LogP contribution in [0.2, 0.25) is 0 Å². The van der Waals surface area contributed by atoms with Gasteiger partial charge in [-0.15, -0.1) is 0 Å². The van der Waals surface area contributed by atoms with Gasteiger partial charge in [-0.2, -0.15) is 0 Å². The SMILES string of the molecule is COc1ccc(/C=C/C(=O)N2CCN(C(=O)C3CC3c3ccccc3)CC2)cc1OC. The van der Waals surface area contributed by atoms with E-state index in [-0.39, 0.29) is 17.7 Å². The van der Waals surface area contributed by atoms with Crippen molar-refractivity contribution in [3.05, 3.63) is 65.7 Å². The van der Waals surface area contributed by atoms with E-state index < -0.39 is 0 Å². The van der Waals surface area contributed by atoms with Gasteiger partial charge in [-0.1, -0.05) is 36.4 Å². The van der Waals surface area contributed by atoms with Gasteiger partial charge in [0.05, 0.1) is 14.2 Å². The molecule has 1 heterocycles. The number of methoxy groups -OCH3 is 2. The largest absolute Gasteiger partial charge is 0.493 e. The predicted octanol–water partition coefficient (Wildman–Crippen LogP) is 3.19. The summed E-state index contributed by atoms with van der Waals surface area (Å²) in [6.07, 6.45) is 4.28. The van der Waals surface area contributed by atoms with Gasteiger partial charge in [0.1, 0.15) is 0 Å². The summed E-state index contributed by atoms with van der Waals surface area (Å²) in [4.78, 5) is 29.1. The van der Waals surface area contributed by atoms with Crippen LogP contribution in [0.4, 0.5) is 0 Å². The molecule has 162 valence electrons. The van der Waals surface area contributed by atoms with Gasteiger partial charge in [0.15, 0.2) is 11.5 Å². The summed E-state index contributed by atoms with van der Waals surface area (Å²) in [7, 11) is 3.17. The second-order valence-electron chi connectivity index (χ2n) is 7.96. The molecule has 6 heteroatoms. The van der Waals surface area contributed by atoms with Gasteiger partial charge in [-0.3, -0.25) is 9.59 Å². The van der Waals surface area contributed by atoms with Crippen LogP contribution in [0, 0.1) is 5.92 Å². The Morgan fingerprint density at radius 1 is 0.903 bits per heavy atom. The number of rotatable bonds is 6. The number of hydrogen-bond acceptors (Lipinski definition) is 4. The first-order valence-electron chi connectivity index (χ1n) is 10.6. The molecule has 2 unspecified atom stereocenters. The molecule has 0 N–H and O–H groups in total. The van der Waals surface area contributed by atoms with Crippen LogP contribution < -0.4 is 9.47 Å². The lowest BCUT2D eigenvalue weighted by Gasteiger charge is -2.34. The first-order valence-corrected chi connectivity index (χ1v) is 10.6. The third-order valence-corrected chi connectivity index (χ3v) is 6.06.